The van der Waals surface area contributed by atoms with Crippen LogP contribution in [0.2, 0.25) is 0 Å². The lowest BCUT2D eigenvalue weighted by atomic mass is 10.0. The number of piperidine rings is 1. The summed E-state index contributed by atoms with van der Waals surface area (Å²) < 4.78 is 78.1. The Kier molecular flexibility index (Phi) is 9.30. The number of likely N-dealkylation sites (tertiary alicyclic amines) is 1. The van der Waals surface area contributed by atoms with E-state index >= 15 is 0 Å². The number of rotatable bonds is 8. The summed E-state index contributed by atoms with van der Waals surface area (Å²) in [5, 5.41) is 14.0. The van der Waals surface area contributed by atoms with Crippen molar-refractivity contribution in [3.05, 3.63) is 63.7 Å². The van der Waals surface area contributed by atoms with Crippen molar-refractivity contribution in [1.29, 1.82) is 0 Å². The molecule has 14 heteroatoms. The van der Waals surface area contributed by atoms with Gasteiger partial charge in [0.25, 0.3) is 5.69 Å². The Morgan fingerprint density at radius 3 is 2.10 bits per heavy atom. The number of hydrogen-bond acceptors (Lipinski definition) is 6. The van der Waals surface area contributed by atoms with Gasteiger partial charge < -0.3 is 15.1 Å². The molecule has 0 aliphatic carbocycles. The van der Waals surface area contributed by atoms with Gasteiger partial charge >= 0.3 is 12.4 Å². The highest BCUT2D eigenvalue weighted by Gasteiger charge is 2.38. The number of piperazine rings is 1. The van der Waals surface area contributed by atoms with E-state index in [0.29, 0.717) is 51.9 Å². The number of nitro groups is 1. The van der Waals surface area contributed by atoms with Crippen LogP contribution in [0.25, 0.3) is 0 Å². The zero-order valence-electron chi connectivity index (χ0n) is 22.2. The molecule has 8 nitrogen and oxygen atoms in total. The summed E-state index contributed by atoms with van der Waals surface area (Å²) in [6.45, 7) is 4.49. The van der Waals surface area contributed by atoms with Crippen molar-refractivity contribution in [3.63, 3.8) is 0 Å². The molecule has 0 saturated carbocycles. The van der Waals surface area contributed by atoms with E-state index in [1.54, 1.807) is 4.90 Å². The summed E-state index contributed by atoms with van der Waals surface area (Å²) in [5.41, 5.74) is -2.08. The highest BCUT2D eigenvalue weighted by Crippen LogP contribution is 2.38. The number of nitrogens with one attached hydrogen (secondary N) is 1. The average molecular weight is 588 g/mol. The predicted octanol–water partition coefficient (Wildman–Crippen LogP) is 5.64. The van der Waals surface area contributed by atoms with E-state index in [4.69, 9.17) is 0 Å². The van der Waals surface area contributed by atoms with Crippen LogP contribution in [0.5, 0.6) is 0 Å². The molecular weight excluding hydrogens is 556 g/mol. The maximum absolute atomic E-state index is 13.2. The molecule has 0 spiro atoms. The van der Waals surface area contributed by atoms with Crippen molar-refractivity contribution in [2.75, 3.05) is 56.0 Å². The summed E-state index contributed by atoms with van der Waals surface area (Å²) in [6.07, 6.45) is -7.10. The van der Waals surface area contributed by atoms with E-state index in [0.717, 1.165) is 49.6 Å². The molecule has 41 heavy (non-hydrogen) atoms. The van der Waals surface area contributed by atoms with Gasteiger partial charge in [-0.05, 0) is 62.2 Å². The van der Waals surface area contributed by atoms with Gasteiger partial charge in [0.1, 0.15) is 5.56 Å². The van der Waals surface area contributed by atoms with Crippen molar-refractivity contribution in [2.24, 2.45) is 0 Å². The number of anilines is 2. The molecule has 2 aliphatic rings. The molecule has 2 aromatic rings. The predicted molar refractivity (Wildman–Crippen MR) is 141 cm³/mol. The maximum atomic E-state index is 13.2. The van der Waals surface area contributed by atoms with Crippen LogP contribution in [0.4, 0.5) is 43.4 Å². The number of benzene rings is 2. The molecule has 2 saturated heterocycles. The van der Waals surface area contributed by atoms with Gasteiger partial charge in [0.2, 0.25) is 5.91 Å². The lowest BCUT2D eigenvalue weighted by Gasteiger charge is -2.36. The van der Waals surface area contributed by atoms with Gasteiger partial charge in [0.05, 0.1) is 10.5 Å². The molecule has 2 aromatic carbocycles. The number of carbonyl (C=O) groups excluding carboxylic acids is 1. The first-order valence-corrected chi connectivity index (χ1v) is 13.4. The zero-order valence-corrected chi connectivity index (χ0v) is 22.2. The SMILES string of the molecule is O=C(CCCN1CCN(c2ccc(C(F)(F)F)cc2)CC1)N1CCC(Nc2ccc([N+](=O)[O-])c(C(F)(F)F)c2)CC1. The van der Waals surface area contributed by atoms with Gasteiger partial charge in [-0.25, -0.2) is 0 Å². The van der Waals surface area contributed by atoms with Crippen LogP contribution in [0.1, 0.15) is 36.8 Å². The van der Waals surface area contributed by atoms with Gasteiger partial charge in [-0.15, -0.1) is 0 Å². The van der Waals surface area contributed by atoms with E-state index in [9.17, 15) is 41.3 Å². The molecule has 2 fully saturated rings. The Hall–Kier alpha value is -3.55. The van der Waals surface area contributed by atoms with E-state index in [1.807, 2.05) is 4.90 Å². The summed E-state index contributed by atoms with van der Waals surface area (Å²) in [6, 6.07) is 7.84. The number of amides is 1. The fraction of sp³-hybridized carbons (Fsp3) is 0.519. The van der Waals surface area contributed by atoms with Crippen molar-refractivity contribution < 1.29 is 36.1 Å². The molecular formula is C27H31F6N5O3. The third-order valence-electron chi connectivity index (χ3n) is 7.51. The molecule has 1 amide bonds. The first-order chi connectivity index (χ1) is 19.3. The third kappa shape index (κ3) is 8.02. The molecule has 0 bridgehead atoms. The van der Waals surface area contributed by atoms with Crippen molar-refractivity contribution >= 4 is 23.0 Å². The van der Waals surface area contributed by atoms with E-state index in [2.05, 4.69) is 10.2 Å². The molecule has 0 unspecified atom stereocenters. The summed E-state index contributed by atoms with van der Waals surface area (Å²) in [4.78, 5) is 28.6. The highest BCUT2D eigenvalue weighted by molar-refractivity contribution is 5.76. The summed E-state index contributed by atoms with van der Waals surface area (Å²) in [7, 11) is 0. The number of halogens is 6. The number of hydrogen-bond donors (Lipinski definition) is 1. The second-order valence-electron chi connectivity index (χ2n) is 10.3. The molecule has 2 aliphatic heterocycles. The highest BCUT2D eigenvalue weighted by atomic mass is 19.4. The Morgan fingerprint density at radius 1 is 0.902 bits per heavy atom. The summed E-state index contributed by atoms with van der Waals surface area (Å²) >= 11 is 0. The average Bonchev–Trinajstić information content (AvgIpc) is 2.93. The van der Waals surface area contributed by atoms with Crippen LogP contribution >= 0.6 is 0 Å². The second kappa shape index (κ2) is 12.5. The van der Waals surface area contributed by atoms with E-state index in [-0.39, 0.29) is 17.6 Å². The molecule has 0 radical (unpaired) electrons. The monoisotopic (exact) mass is 587 g/mol. The van der Waals surface area contributed by atoms with Crippen molar-refractivity contribution in [2.45, 2.75) is 44.1 Å². The van der Waals surface area contributed by atoms with Gasteiger partial charge in [0.15, 0.2) is 0 Å². The topological polar surface area (TPSA) is 82.0 Å². The fourth-order valence-corrected chi connectivity index (χ4v) is 5.22. The first-order valence-electron chi connectivity index (χ1n) is 13.4. The number of nitro benzene ring substituents is 1. The molecule has 0 aromatic heterocycles. The van der Waals surface area contributed by atoms with Crippen LogP contribution in [-0.4, -0.2) is 72.5 Å². The Morgan fingerprint density at radius 2 is 1.54 bits per heavy atom. The van der Waals surface area contributed by atoms with Gasteiger partial charge in [-0.2, -0.15) is 26.3 Å². The third-order valence-corrected chi connectivity index (χ3v) is 7.51. The fourth-order valence-electron chi connectivity index (χ4n) is 5.22. The minimum atomic E-state index is -4.85. The lowest BCUT2D eigenvalue weighted by Crippen LogP contribution is -2.47. The van der Waals surface area contributed by atoms with Crippen LogP contribution in [0, 0.1) is 10.1 Å². The molecule has 2 heterocycles. The van der Waals surface area contributed by atoms with Crippen LogP contribution < -0.4 is 10.2 Å². The Balaban J connectivity index is 1.16. The van der Waals surface area contributed by atoms with Crippen LogP contribution in [-0.2, 0) is 17.1 Å². The number of nitrogens with zero attached hydrogens (tertiary/aromatic N) is 4. The minimum Gasteiger partial charge on any atom is -0.382 e. The quantitative estimate of drug-likeness (QED) is 0.245. The van der Waals surface area contributed by atoms with Crippen molar-refractivity contribution in [3.8, 4) is 0 Å². The van der Waals surface area contributed by atoms with E-state index < -0.39 is 34.1 Å². The standard InChI is InChI=1S/C27H31F6N5O3/c28-26(29,30)19-3-6-22(7-4-19)36-16-14-35(15-17-36)11-1-2-25(39)37-12-9-20(10-13-37)34-21-5-8-24(38(40)41)23(18-21)27(31,32)33/h3-8,18,20,34H,1-2,9-17H2. The Bertz CT molecular complexity index is 1210. The summed E-state index contributed by atoms with van der Waals surface area (Å²) in [5.74, 6) is 0.0153. The van der Waals surface area contributed by atoms with E-state index in [1.165, 1.54) is 18.2 Å². The first kappa shape index (κ1) is 30.4. The molecule has 1 N–H and O–H groups in total. The zero-order chi connectivity index (χ0) is 29.8. The number of carbonyl (C=O) groups is 1. The largest absolute Gasteiger partial charge is 0.423 e. The molecule has 4 rings (SSSR count). The smallest absolute Gasteiger partial charge is 0.382 e. The molecule has 0 atom stereocenters. The maximum Gasteiger partial charge on any atom is 0.423 e. The normalized spacial score (nSPS) is 17.5. The van der Waals surface area contributed by atoms with Gasteiger partial charge in [0, 0.05) is 69.2 Å². The minimum absolute atomic E-state index is 0.0153. The van der Waals surface area contributed by atoms with Gasteiger partial charge in [-0.1, -0.05) is 0 Å². The second-order valence-corrected chi connectivity index (χ2v) is 10.3. The number of alkyl halides is 6. The molecule has 224 valence electrons. The van der Waals surface area contributed by atoms with Crippen LogP contribution in [0.15, 0.2) is 42.5 Å². The Labute approximate surface area is 233 Å². The van der Waals surface area contributed by atoms with Crippen molar-refractivity contribution in [1.82, 2.24) is 9.80 Å². The van der Waals surface area contributed by atoms with Crippen LogP contribution in [0.3, 0.4) is 0 Å². The van der Waals surface area contributed by atoms with Gasteiger partial charge in [-0.3, -0.25) is 19.8 Å². The lowest BCUT2D eigenvalue weighted by molar-refractivity contribution is -0.388.